The second-order valence-electron chi connectivity index (χ2n) is 7.05. The number of aliphatic hydroxyl groups excluding tert-OH is 1. The summed E-state index contributed by atoms with van der Waals surface area (Å²) < 4.78 is 0. The Morgan fingerprint density at radius 2 is 1.69 bits per heavy atom. The predicted molar refractivity (Wildman–Crippen MR) is 66.0 cm³/mol. The van der Waals surface area contributed by atoms with Crippen LogP contribution < -0.4 is 0 Å². The van der Waals surface area contributed by atoms with E-state index in [9.17, 15) is 5.11 Å². The molecule has 3 aliphatic rings. The van der Waals surface area contributed by atoms with E-state index in [2.05, 4.69) is 13.8 Å². The number of rotatable bonds is 1. The molecular weight excluding hydrogens is 196 g/mol. The Morgan fingerprint density at radius 3 is 2.31 bits per heavy atom. The zero-order chi connectivity index (χ0) is 11.3. The minimum atomic E-state index is 0.000509. The van der Waals surface area contributed by atoms with Gasteiger partial charge in [0.25, 0.3) is 0 Å². The summed E-state index contributed by atoms with van der Waals surface area (Å²) in [6.45, 7) is 4.63. The molecule has 3 fully saturated rings. The van der Waals surface area contributed by atoms with Crippen LogP contribution in [0.4, 0.5) is 0 Å². The Kier molecular flexibility index (Phi) is 2.78. The number of hydrogen-bond donors (Lipinski definition) is 1. The fourth-order valence-electron chi connectivity index (χ4n) is 5.14. The SMILES string of the molecule is C[C@@H]1C[C@H]([C@H]2C[C@@H]3CC[C@H]2C3)[C@@H](O)[C@@H](C)C1. The number of fused-ring (bicyclic) bond motifs is 2. The first-order chi connectivity index (χ1) is 7.65. The van der Waals surface area contributed by atoms with Gasteiger partial charge in [0.2, 0.25) is 0 Å². The number of hydrogen-bond acceptors (Lipinski definition) is 1. The average molecular weight is 222 g/mol. The number of aliphatic hydroxyl groups is 1. The molecule has 1 N–H and O–H groups in total. The lowest BCUT2D eigenvalue weighted by molar-refractivity contribution is -0.0312. The van der Waals surface area contributed by atoms with Crippen molar-refractivity contribution in [1.29, 1.82) is 0 Å². The van der Waals surface area contributed by atoms with Crippen LogP contribution in [-0.4, -0.2) is 11.2 Å². The fourth-order valence-corrected chi connectivity index (χ4v) is 5.14. The van der Waals surface area contributed by atoms with Crippen molar-refractivity contribution in [1.82, 2.24) is 0 Å². The van der Waals surface area contributed by atoms with Gasteiger partial charge in [0.15, 0.2) is 0 Å². The minimum absolute atomic E-state index is 0.000509. The molecule has 0 amide bonds. The predicted octanol–water partition coefficient (Wildman–Crippen LogP) is 3.47. The van der Waals surface area contributed by atoms with E-state index in [4.69, 9.17) is 0 Å². The van der Waals surface area contributed by atoms with Crippen molar-refractivity contribution in [3.05, 3.63) is 0 Å². The van der Waals surface area contributed by atoms with Crippen LogP contribution in [0.3, 0.4) is 0 Å². The van der Waals surface area contributed by atoms with E-state index in [1.165, 1.54) is 38.5 Å². The molecule has 0 aromatic heterocycles. The van der Waals surface area contributed by atoms with Crippen LogP contribution in [0.1, 0.15) is 52.4 Å². The summed E-state index contributed by atoms with van der Waals surface area (Å²) in [4.78, 5) is 0. The summed E-state index contributed by atoms with van der Waals surface area (Å²) >= 11 is 0. The lowest BCUT2D eigenvalue weighted by Crippen LogP contribution is -2.40. The van der Waals surface area contributed by atoms with Crippen LogP contribution in [0, 0.1) is 35.5 Å². The first-order valence-electron chi connectivity index (χ1n) is 7.33. The Bertz CT molecular complexity index is 262. The molecule has 2 bridgehead atoms. The molecule has 0 heterocycles. The van der Waals surface area contributed by atoms with E-state index in [1.807, 2.05) is 0 Å². The highest BCUT2D eigenvalue weighted by atomic mass is 16.3. The van der Waals surface area contributed by atoms with Crippen molar-refractivity contribution >= 4 is 0 Å². The zero-order valence-corrected chi connectivity index (χ0v) is 10.7. The fraction of sp³-hybridized carbons (Fsp3) is 1.00. The molecule has 16 heavy (non-hydrogen) atoms. The normalized spacial score (nSPS) is 56.8. The third-order valence-electron chi connectivity index (χ3n) is 5.81. The van der Waals surface area contributed by atoms with Crippen molar-refractivity contribution in [2.24, 2.45) is 35.5 Å². The van der Waals surface area contributed by atoms with Crippen LogP contribution in [0.25, 0.3) is 0 Å². The van der Waals surface area contributed by atoms with Crippen molar-refractivity contribution in [3.8, 4) is 0 Å². The second-order valence-corrected chi connectivity index (χ2v) is 7.05. The Labute approximate surface area is 99.6 Å². The van der Waals surface area contributed by atoms with Gasteiger partial charge in [-0.1, -0.05) is 20.3 Å². The van der Waals surface area contributed by atoms with Crippen molar-refractivity contribution in [2.45, 2.75) is 58.5 Å². The van der Waals surface area contributed by atoms with E-state index < -0.39 is 0 Å². The van der Waals surface area contributed by atoms with E-state index >= 15 is 0 Å². The largest absolute Gasteiger partial charge is 0.393 e. The zero-order valence-electron chi connectivity index (χ0n) is 10.7. The molecule has 0 aromatic rings. The van der Waals surface area contributed by atoms with E-state index in [-0.39, 0.29) is 6.10 Å². The molecule has 3 rings (SSSR count). The molecule has 0 spiro atoms. The Morgan fingerprint density at radius 1 is 0.875 bits per heavy atom. The van der Waals surface area contributed by atoms with Gasteiger partial charge in [-0.25, -0.2) is 0 Å². The van der Waals surface area contributed by atoms with E-state index in [0.29, 0.717) is 11.8 Å². The van der Waals surface area contributed by atoms with Crippen LogP contribution in [0.2, 0.25) is 0 Å². The van der Waals surface area contributed by atoms with E-state index in [1.54, 1.807) is 0 Å². The van der Waals surface area contributed by atoms with Gasteiger partial charge in [0.1, 0.15) is 0 Å². The third-order valence-corrected chi connectivity index (χ3v) is 5.81. The Hall–Kier alpha value is -0.0400. The third kappa shape index (κ3) is 1.72. The summed E-state index contributed by atoms with van der Waals surface area (Å²) in [6, 6.07) is 0. The van der Waals surface area contributed by atoms with Gasteiger partial charge in [-0.3, -0.25) is 0 Å². The highest BCUT2D eigenvalue weighted by Crippen LogP contribution is 2.54. The van der Waals surface area contributed by atoms with Crippen LogP contribution in [-0.2, 0) is 0 Å². The van der Waals surface area contributed by atoms with Gasteiger partial charge in [-0.2, -0.15) is 0 Å². The van der Waals surface area contributed by atoms with Crippen LogP contribution in [0.15, 0.2) is 0 Å². The summed E-state index contributed by atoms with van der Waals surface area (Å²) in [6.07, 6.45) is 8.39. The quantitative estimate of drug-likeness (QED) is 0.720. The van der Waals surface area contributed by atoms with Gasteiger partial charge in [-0.05, 0) is 67.6 Å². The molecule has 0 saturated heterocycles. The second kappa shape index (κ2) is 4.01. The standard InChI is InChI=1S/C15H26O/c1-9-5-10(2)15(16)14(6-9)13-8-11-3-4-12(13)7-11/h9-16H,3-8H2,1-2H3/t9-,10-,11+,12-,13-,14+,15-/m0/s1. The molecule has 0 unspecified atom stereocenters. The maximum Gasteiger partial charge on any atom is 0.0596 e. The molecule has 92 valence electrons. The molecular formula is C15H26O. The maximum absolute atomic E-state index is 10.4. The lowest BCUT2D eigenvalue weighted by Gasteiger charge is -2.42. The van der Waals surface area contributed by atoms with Crippen molar-refractivity contribution in [2.75, 3.05) is 0 Å². The van der Waals surface area contributed by atoms with Gasteiger partial charge < -0.3 is 5.11 Å². The van der Waals surface area contributed by atoms with Gasteiger partial charge in [0, 0.05) is 0 Å². The van der Waals surface area contributed by atoms with Crippen molar-refractivity contribution < 1.29 is 5.11 Å². The summed E-state index contributed by atoms with van der Waals surface area (Å²) in [5.74, 6) is 4.88. The molecule has 0 aromatic carbocycles. The van der Waals surface area contributed by atoms with Gasteiger partial charge in [-0.15, -0.1) is 0 Å². The van der Waals surface area contributed by atoms with Gasteiger partial charge in [0.05, 0.1) is 6.10 Å². The topological polar surface area (TPSA) is 20.2 Å². The van der Waals surface area contributed by atoms with Crippen LogP contribution >= 0.6 is 0 Å². The highest BCUT2D eigenvalue weighted by Gasteiger charge is 2.47. The van der Waals surface area contributed by atoms with E-state index in [0.717, 1.165) is 23.7 Å². The molecule has 7 atom stereocenters. The summed E-state index contributed by atoms with van der Waals surface area (Å²) in [5.41, 5.74) is 0. The summed E-state index contributed by atoms with van der Waals surface area (Å²) in [7, 11) is 0. The first kappa shape index (κ1) is 11.1. The first-order valence-corrected chi connectivity index (χ1v) is 7.33. The molecule has 1 nitrogen and oxygen atoms in total. The Balaban J connectivity index is 1.73. The lowest BCUT2D eigenvalue weighted by atomic mass is 9.66. The monoisotopic (exact) mass is 222 g/mol. The molecule has 3 aliphatic carbocycles. The molecule has 3 saturated carbocycles. The highest BCUT2D eigenvalue weighted by molar-refractivity contribution is 4.97. The molecule has 0 aliphatic heterocycles. The smallest absolute Gasteiger partial charge is 0.0596 e. The molecule has 1 heteroatoms. The van der Waals surface area contributed by atoms with Gasteiger partial charge >= 0.3 is 0 Å². The minimum Gasteiger partial charge on any atom is -0.393 e. The average Bonchev–Trinajstić information content (AvgIpc) is 2.84. The van der Waals surface area contributed by atoms with Crippen LogP contribution in [0.5, 0.6) is 0 Å². The molecule has 0 radical (unpaired) electrons. The summed E-state index contributed by atoms with van der Waals surface area (Å²) in [5, 5.41) is 10.4. The van der Waals surface area contributed by atoms with Crippen molar-refractivity contribution in [3.63, 3.8) is 0 Å². The maximum atomic E-state index is 10.4.